The summed E-state index contributed by atoms with van der Waals surface area (Å²) in [5.41, 5.74) is 17.7. The maximum Gasteiger partial charge on any atom is 0.0783 e. The first kappa shape index (κ1) is 33.9. The summed E-state index contributed by atoms with van der Waals surface area (Å²) >= 11 is 1.88. The molecule has 3 heteroatoms. The number of hydrogen-bond acceptors (Lipinski definition) is 3. The fraction of sp³-hybridized carbons (Fsp3) is 0.0357. The molecule has 0 bridgehead atoms. The summed E-state index contributed by atoms with van der Waals surface area (Å²) in [5, 5.41) is 2.65. The predicted octanol–water partition coefficient (Wildman–Crippen LogP) is 15.6. The molecule has 2 aliphatic rings. The molecule has 1 spiro atoms. The van der Waals surface area contributed by atoms with Gasteiger partial charge in [0, 0.05) is 31.5 Å². The Hall–Kier alpha value is -7.20. The Morgan fingerprint density at radius 2 is 0.864 bits per heavy atom. The van der Waals surface area contributed by atoms with Crippen LogP contribution in [-0.2, 0) is 5.41 Å². The van der Waals surface area contributed by atoms with Gasteiger partial charge in [-0.05, 0) is 106 Å². The van der Waals surface area contributed by atoms with Crippen LogP contribution in [0, 0.1) is 6.92 Å². The van der Waals surface area contributed by atoms with E-state index in [1.165, 1.54) is 93.0 Å². The molecule has 0 amide bonds. The lowest BCUT2D eigenvalue weighted by Gasteiger charge is -2.51. The van der Waals surface area contributed by atoms with E-state index >= 15 is 0 Å². The van der Waals surface area contributed by atoms with Crippen LogP contribution in [0.4, 0.5) is 34.1 Å². The minimum Gasteiger partial charge on any atom is -0.310 e. The molecule has 59 heavy (non-hydrogen) atoms. The first-order valence-electron chi connectivity index (χ1n) is 20.3. The summed E-state index contributed by atoms with van der Waals surface area (Å²) < 4.78 is 2.66. The van der Waals surface area contributed by atoms with Crippen LogP contribution in [0.15, 0.2) is 212 Å². The van der Waals surface area contributed by atoms with Gasteiger partial charge in [-0.25, -0.2) is 0 Å². The van der Waals surface area contributed by atoms with Gasteiger partial charge in [0.1, 0.15) is 0 Å². The quantitative estimate of drug-likeness (QED) is 0.176. The molecule has 0 radical (unpaired) electrons. The first-order valence-corrected chi connectivity index (χ1v) is 21.2. The number of thiophene rings is 1. The number of rotatable bonds is 4. The van der Waals surface area contributed by atoms with E-state index in [2.05, 4.69) is 229 Å². The van der Waals surface area contributed by atoms with Gasteiger partial charge >= 0.3 is 0 Å². The van der Waals surface area contributed by atoms with E-state index in [4.69, 9.17) is 0 Å². The van der Waals surface area contributed by atoms with Crippen molar-refractivity contribution >= 4 is 65.6 Å². The maximum atomic E-state index is 2.48. The lowest BCUT2D eigenvalue weighted by Crippen LogP contribution is -2.42. The van der Waals surface area contributed by atoms with E-state index in [1.807, 2.05) is 11.3 Å². The van der Waals surface area contributed by atoms with Crippen molar-refractivity contribution < 1.29 is 0 Å². The van der Waals surface area contributed by atoms with Crippen LogP contribution in [0.5, 0.6) is 0 Å². The molecular weight excluding hydrogens is 733 g/mol. The summed E-state index contributed by atoms with van der Waals surface area (Å²) in [5.74, 6) is 0. The minimum absolute atomic E-state index is 0.571. The van der Waals surface area contributed by atoms with Crippen molar-refractivity contribution in [3.05, 3.63) is 240 Å². The Bertz CT molecular complexity index is 3190. The number of para-hydroxylation sites is 3. The van der Waals surface area contributed by atoms with Crippen molar-refractivity contribution in [2.45, 2.75) is 12.3 Å². The highest BCUT2D eigenvalue weighted by Crippen LogP contribution is 2.64. The van der Waals surface area contributed by atoms with Gasteiger partial charge in [0.15, 0.2) is 0 Å². The summed E-state index contributed by atoms with van der Waals surface area (Å²) in [4.78, 5) is 4.95. The summed E-state index contributed by atoms with van der Waals surface area (Å²) in [7, 11) is 0. The molecule has 0 saturated heterocycles. The minimum atomic E-state index is -0.571. The van der Waals surface area contributed by atoms with Gasteiger partial charge in [-0.2, -0.15) is 0 Å². The van der Waals surface area contributed by atoms with Gasteiger partial charge in [-0.3, -0.25) is 0 Å². The number of fused-ring (bicyclic) bond motifs is 11. The van der Waals surface area contributed by atoms with Gasteiger partial charge in [0.2, 0.25) is 0 Å². The van der Waals surface area contributed by atoms with Crippen LogP contribution in [0.1, 0.15) is 27.8 Å². The monoisotopic (exact) mass is 770 g/mol. The molecule has 0 fully saturated rings. The Kier molecular flexibility index (Phi) is 7.57. The molecule has 0 aliphatic carbocycles. The van der Waals surface area contributed by atoms with E-state index in [0.29, 0.717) is 0 Å². The van der Waals surface area contributed by atoms with Gasteiger partial charge in [-0.1, -0.05) is 163 Å². The van der Waals surface area contributed by atoms with E-state index in [0.717, 1.165) is 11.4 Å². The molecular formula is C56H38N2S. The van der Waals surface area contributed by atoms with Crippen molar-refractivity contribution in [2.75, 3.05) is 9.80 Å². The smallest absolute Gasteiger partial charge is 0.0783 e. The fourth-order valence-electron chi connectivity index (χ4n) is 9.99. The van der Waals surface area contributed by atoms with Crippen LogP contribution in [0.3, 0.4) is 0 Å². The predicted molar refractivity (Wildman–Crippen MR) is 250 cm³/mol. The summed E-state index contributed by atoms with van der Waals surface area (Å²) in [6, 6.07) is 78.6. The number of benzene rings is 9. The number of anilines is 6. The zero-order valence-corrected chi connectivity index (χ0v) is 33.3. The van der Waals surface area contributed by atoms with E-state index in [1.54, 1.807) is 0 Å². The van der Waals surface area contributed by atoms with Crippen LogP contribution in [0.2, 0.25) is 0 Å². The molecule has 0 atom stereocenters. The third kappa shape index (κ3) is 4.98. The normalized spacial score (nSPS) is 13.6. The second-order valence-electron chi connectivity index (χ2n) is 15.7. The molecule has 9 aromatic carbocycles. The lowest BCUT2D eigenvalue weighted by molar-refractivity contribution is 0.718. The average molecular weight is 771 g/mol. The van der Waals surface area contributed by atoms with Crippen molar-refractivity contribution in [3.8, 4) is 22.3 Å². The van der Waals surface area contributed by atoms with E-state index in [-0.39, 0.29) is 0 Å². The second-order valence-corrected chi connectivity index (χ2v) is 16.8. The lowest BCUT2D eigenvalue weighted by atomic mass is 9.60. The van der Waals surface area contributed by atoms with Crippen molar-refractivity contribution in [1.82, 2.24) is 0 Å². The van der Waals surface area contributed by atoms with Crippen molar-refractivity contribution in [1.29, 1.82) is 0 Å². The molecule has 12 rings (SSSR count). The standard InChI is InChI=1S/C56H38N2S/c1-37-26-35-53-49(36-37)56(48-21-8-11-24-52(48)58(53)41-31-27-39(28-32-41)38-14-3-2-4-15-38)46-19-6-9-22-50(46)57(51-23-10-7-20-47(51)56)42-33-29-40(30-34-42)43-17-13-18-45-44-16-5-12-25-54(44)59-55(43)45/h2-36H,1H3. The maximum absolute atomic E-state index is 2.48. The van der Waals surface area contributed by atoms with E-state index < -0.39 is 5.41 Å². The Balaban J connectivity index is 1.04. The molecule has 0 N–H and O–H groups in total. The number of aryl methyl sites for hydroxylation is 1. The number of nitrogens with zero attached hydrogens (tertiary/aromatic N) is 2. The molecule has 2 aliphatic heterocycles. The van der Waals surface area contributed by atoms with Gasteiger partial charge in [0.05, 0.1) is 28.2 Å². The highest BCUT2D eigenvalue weighted by molar-refractivity contribution is 7.26. The van der Waals surface area contributed by atoms with E-state index in [9.17, 15) is 0 Å². The largest absolute Gasteiger partial charge is 0.310 e. The topological polar surface area (TPSA) is 6.48 Å². The van der Waals surface area contributed by atoms with Gasteiger partial charge < -0.3 is 9.80 Å². The Morgan fingerprint density at radius 1 is 0.373 bits per heavy atom. The van der Waals surface area contributed by atoms with Crippen LogP contribution in [0.25, 0.3) is 42.4 Å². The SMILES string of the molecule is Cc1ccc2c(c1)C1(c3ccccc3N(c3ccc(-c4cccc5c4sc4ccccc45)cc3)c3ccccc31)c1ccccc1N2c1ccc(-c2ccccc2)cc1. The van der Waals surface area contributed by atoms with Crippen molar-refractivity contribution in [3.63, 3.8) is 0 Å². The molecule has 3 heterocycles. The molecule has 1 aromatic heterocycles. The molecule has 10 aromatic rings. The number of hydrogen-bond donors (Lipinski definition) is 0. The Morgan fingerprint density at radius 3 is 1.49 bits per heavy atom. The average Bonchev–Trinajstić information content (AvgIpc) is 3.69. The molecule has 0 saturated carbocycles. The first-order chi connectivity index (χ1) is 29.2. The third-order valence-electron chi connectivity index (χ3n) is 12.5. The second kappa shape index (κ2) is 13.2. The van der Waals surface area contributed by atoms with Crippen LogP contribution in [-0.4, -0.2) is 0 Å². The zero-order valence-electron chi connectivity index (χ0n) is 32.5. The van der Waals surface area contributed by atoms with Gasteiger partial charge in [-0.15, -0.1) is 11.3 Å². The highest BCUT2D eigenvalue weighted by atomic mass is 32.1. The summed E-state index contributed by atoms with van der Waals surface area (Å²) in [6.45, 7) is 2.22. The van der Waals surface area contributed by atoms with Crippen LogP contribution >= 0.6 is 11.3 Å². The molecule has 2 nitrogen and oxygen atoms in total. The Labute approximate surface area is 348 Å². The molecule has 278 valence electrons. The fourth-order valence-corrected chi connectivity index (χ4v) is 11.2. The summed E-state index contributed by atoms with van der Waals surface area (Å²) in [6.07, 6.45) is 0. The van der Waals surface area contributed by atoms with Crippen molar-refractivity contribution in [2.24, 2.45) is 0 Å². The zero-order chi connectivity index (χ0) is 39.1. The highest BCUT2D eigenvalue weighted by Gasteiger charge is 2.51. The van der Waals surface area contributed by atoms with Crippen LogP contribution < -0.4 is 9.80 Å². The third-order valence-corrected chi connectivity index (χ3v) is 13.7. The molecule has 0 unspecified atom stereocenters. The van der Waals surface area contributed by atoms with Gasteiger partial charge in [0.25, 0.3) is 0 Å².